The monoisotopic (exact) mass is 286 g/mol. The van der Waals surface area contributed by atoms with Gasteiger partial charge in [0.2, 0.25) is 20.0 Å². The normalized spacial score (nSPS) is 12.8. The van der Waals surface area contributed by atoms with E-state index >= 15 is 0 Å². The summed E-state index contributed by atoms with van der Waals surface area (Å²) in [5, 5.41) is 10.6. The molecule has 0 fully saturated rings. The van der Waals surface area contributed by atoms with Crippen molar-refractivity contribution in [1.82, 2.24) is 0 Å². The van der Waals surface area contributed by atoms with Gasteiger partial charge in [0.15, 0.2) is 0 Å². The van der Waals surface area contributed by atoms with E-state index in [1.807, 2.05) is 0 Å². The summed E-state index contributed by atoms with van der Waals surface area (Å²) in [4.78, 5) is -0.519. The number of fused-ring (bicyclic) bond motifs is 1. The molecular weight excluding hydrogens is 276 g/mol. The van der Waals surface area contributed by atoms with Crippen LogP contribution < -0.4 is 10.3 Å². The van der Waals surface area contributed by atoms with Crippen molar-refractivity contribution in [2.75, 3.05) is 0 Å². The van der Waals surface area contributed by atoms with Crippen LogP contribution in [0.3, 0.4) is 0 Å². The van der Waals surface area contributed by atoms with Crippen molar-refractivity contribution in [2.24, 2.45) is 10.3 Å². The zero-order valence-corrected chi connectivity index (χ0v) is 10.7. The van der Waals surface area contributed by atoms with Gasteiger partial charge in [-0.3, -0.25) is 0 Å². The van der Waals surface area contributed by atoms with Gasteiger partial charge >= 0.3 is 0 Å². The lowest BCUT2D eigenvalue weighted by molar-refractivity contribution is 0.598. The van der Waals surface area contributed by atoms with Crippen LogP contribution in [0.15, 0.2) is 46.2 Å². The third-order valence-corrected chi connectivity index (χ3v) is 4.35. The lowest BCUT2D eigenvalue weighted by Gasteiger charge is -2.08. The van der Waals surface area contributed by atoms with Crippen molar-refractivity contribution in [2.45, 2.75) is 9.79 Å². The van der Waals surface area contributed by atoms with Crippen molar-refractivity contribution in [3.8, 4) is 0 Å². The van der Waals surface area contributed by atoms with Crippen LogP contribution in [-0.4, -0.2) is 16.8 Å². The average molecular weight is 286 g/mol. The van der Waals surface area contributed by atoms with Crippen LogP contribution >= 0.6 is 0 Å². The third kappa shape index (κ3) is 2.23. The molecule has 2 aromatic carbocycles. The van der Waals surface area contributed by atoms with E-state index in [1.165, 1.54) is 24.3 Å². The molecule has 0 aliphatic rings. The molecule has 0 heterocycles. The van der Waals surface area contributed by atoms with E-state index in [4.69, 9.17) is 10.3 Å². The fourth-order valence-electron chi connectivity index (χ4n) is 1.75. The second-order valence-electron chi connectivity index (χ2n) is 3.70. The first-order chi connectivity index (χ1) is 8.21. The van der Waals surface area contributed by atoms with Gasteiger partial charge in [-0.1, -0.05) is 24.3 Å². The number of hydrogen-bond acceptors (Lipinski definition) is 4. The topological polar surface area (TPSA) is 120 Å². The molecule has 2 aromatic rings. The summed E-state index contributed by atoms with van der Waals surface area (Å²) in [6.45, 7) is 0. The van der Waals surface area contributed by atoms with Gasteiger partial charge in [0.1, 0.15) is 0 Å². The Bertz CT molecular complexity index is 759. The third-order valence-electron chi connectivity index (χ3n) is 2.44. The molecule has 8 heteroatoms. The molecule has 0 saturated carbocycles. The molecule has 0 saturated heterocycles. The summed E-state index contributed by atoms with van der Waals surface area (Å²) >= 11 is 0. The molecule has 6 nitrogen and oxygen atoms in total. The molecule has 96 valence electrons. The molecule has 0 aliphatic heterocycles. The molecule has 18 heavy (non-hydrogen) atoms. The maximum atomic E-state index is 11.5. The van der Waals surface area contributed by atoms with E-state index in [0.29, 0.717) is 5.39 Å². The van der Waals surface area contributed by atoms with Crippen LogP contribution in [0.1, 0.15) is 0 Å². The fraction of sp³-hybridized carbons (Fsp3) is 0. The first kappa shape index (κ1) is 13.0. The Balaban J connectivity index is 3.09. The maximum absolute atomic E-state index is 11.5. The summed E-state index contributed by atoms with van der Waals surface area (Å²) in [6, 6.07) is 8.61. The number of hydrogen-bond donors (Lipinski definition) is 2. The van der Waals surface area contributed by atoms with Crippen molar-refractivity contribution in [3.05, 3.63) is 36.4 Å². The molecule has 4 N–H and O–H groups in total. The Hall–Kier alpha value is -1.48. The Morgan fingerprint density at radius 3 is 1.44 bits per heavy atom. The molecule has 0 aromatic heterocycles. The van der Waals surface area contributed by atoms with Gasteiger partial charge < -0.3 is 0 Å². The van der Waals surface area contributed by atoms with Crippen LogP contribution in [0.25, 0.3) is 10.8 Å². The number of nitrogens with two attached hydrogens (primary N) is 2. The van der Waals surface area contributed by atoms with E-state index in [2.05, 4.69) is 0 Å². The van der Waals surface area contributed by atoms with Crippen LogP contribution in [0.4, 0.5) is 0 Å². The zero-order chi connectivity index (χ0) is 13.6. The molecule has 0 radical (unpaired) electrons. The Morgan fingerprint density at radius 1 is 0.722 bits per heavy atom. The predicted molar refractivity (Wildman–Crippen MR) is 66.7 cm³/mol. The van der Waals surface area contributed by atoms with Gasteiger partial charge in [-0.2, -0.15) is 0 Å². The molecule has 0 amide bonds. The highest BCUT2D eigenvalue weighted by Gasteiger charge is 2.19. The fourth-order valence-corrected chi connectivity index (χ4v) is 3.37. The van der Waals surface area contributed by atoms with E-state index in [-0.39, 0.29) is 15.2 Å². The van der Waals surface area contributed by atoms with Crippen LogP contribution in [-0.2, 0) is 20.0 Å². The van der Waals surface area contributed by atoms with Crippen LogP contribution in [0.5, 0.6) is 0 Å². The number of rotatable bonds is 2. The highest BCUT2D eigenvalue weighted by atomic mass is 32.2. The largest absolute Gasteiger partial charge is 0.238 e. The zero-order valence-electron chi connectivity index (χ0n) is 9.07. The van der Waals surface area contributed by atoms with Gasteiger partial charge in [-0.05, 0) is 17.5 Å². The smallest absolute Gasteiger partial charge is 0.225 e. The number of benzene rings is 2. The van der Waals surface area contributed by atoms with Gasteiger partial charge in [0.05, 0.1) is 9.79 Å². The van der Waals surface area contributed by atoms with E-state index in [9.17, 15) is 16.8 Å². The summed E-state index contributed by atoms with van der Waals surface area (Å²) in [5.74, 6) is 0. The van der Waals surface area contributed by atoms with E-state index in [0.717, 1.165) is 0 Å². The molecule has 0 spiro atoms. The minimum Gasteiger partial charge on any atom is -0.225 e. The maximum Gasteiger partial charge on any atom is 0.238 e. The quantitative estimate of drug-likeness (QED) is 0.815. The molecule has 0 bridgehead atoms. The first-order valence-electron chi connectivity index (χ1n) is 4.78. The highest BCUT2D eigenvalue weighted by Crippen LogP contribution is 2.28. The summed E-state index contributed by atoms with van der Waals surface area (Å²) in [5.41, 5.74) is 0. The molecule has 2 rings (SSSR count). The summed E-state index contributed by atoms with van der Waals surface area (Å²) < 4.78 is 45.9. The SMILES string of the molecule is NS(=O)(=O)c1cccc2cccc(S(N)(=O)=O)c12. The van der Waals surface area contributed by atoms with Gasteiger partial charge in [-0.15, -0.1) is 0 Å². The molecule has 0 unspecified atom stereocenters. The predicted octanol–water partition coefficient (Wildman–Crippen LogP) is 0.135. The lowest BCUT2D eigenvalue weighted by Crippen LogP contribution is -2.16. The standard InChI is InChI=1S/C10H10N2O4S2/c11-17(13,14)8-5-1-3-7-4-2-6-9(10(7)8)18(12,15)16/h1-6H,(H2,11,13,14)(H2,12,15,16). The van der Waals surface area contributed by atoms with Gasteiger partial charge in [0, 0.05) is 5.39 Å². The first-order valence-corrected chi connectivity index (χ1v) is 7.88. The van der Waals surface area contributed by atoms with E-state index < -0.39 is 20.0 Å². The summed E-state index contributed by atoms with van der Waals surface area (Å²) in [6.07, 6.45) is 0. The minimum absolute atomic E-state index is 0.0185. The van der Waals surface area contributed by atoms with Crippen molar-refractivity contribution in [3.63, 3.8) is 0 Å². The highest BCUT2D eigenvalue weighted by molar-refractivity contribution is 7.90. The van der Waals surface area contributed by atoms with Crippen molar-refractivity contribution < 1.29 is 16.8 Å². The Labute approximate surface area is 104 Å². The second-order valence-corrected chi connectivity index (χ2v) is 6.76. The second kappa shape index (κ2) is 4.02. The average Bonchev–Trinajstić information content (AvgIpc) is 2.24. The number of sulfonamides is 2. The van der Waals surface area contributed by atoms with E-state index in [1.54, 1.807) is 12.1 Å². The Kier molecular flexibility index (Phi) is 2.90. The molecule has 0 aliphatic carbocycles. The lowest BCUT2D eigenvalue weighted by atomic mass is 10.1. The molecule has 0 atom stereocenters. The number of primary sulfonamides is 2. The van der Waals surface area contributed by atoms with Gasteiger partial charge in [-0.25, -0.2) is 27.1 Å². The van der Waals surface area contributed by atoms with Crippen LogP contribution in [0, 0.1) is 0 Å². The van der Waals surface area contributed by atoms with Crippen LogP contribution in [0.2, 0.25) is 0 Å². The minimum atomic E-state index is -4.03. The van der Waals surface area contributed by atoms with Crippen molar-refractivity contribution >= 4 is 30.8 Å². The van der Waals surface area contributed by atoms with Gasteiger partial charge in [0.25, 0.3) is 0 Å². The summed E-state index contributed by atoms with van der Waals surface area (Å²) in [7, 11) is -8.06. The Morgan fingerprint density at radius 2 is 1.11 bits per heavy atom. The van der Waals surface area contributed by atoms with Crippen molar-refractivity contribution in [1.29, 1.82) is 0 Å². The molecular formula is C10H10N2O4S2.